The van der Waals surface area contributed by atoms with Gasteiger partial charge in [-0.15, -0.1) is 0 Å². The fourth-order valence-electron chi connectivity index (χ4n) is 1.05. The predicted molar refractivity (Wildman–Crippen MR) is 58.1 cm³/mol. The smallest absolute Gasteiger partial charge is 0.144 e. The number of nitrogens with one attached hydrogen (secondary N) is 1. The van der Waals surface area contributed by atoms with Gasteiger partial charge >= 0.3 is 0 Å². The molecule has 0 aliphatic heterocycles. The van der Waals surface area contributed by atoms with Crippen LogP contribution in [0.2, 0.25) is 0 Å². The Labute approximate surface area is 83.4 Å². The molecule has 0 aromatic carbocycles. The van der Waals surface area contributed by atoms with Crippen LogP contribution < -0.4 is 5.32 Å². The number of aromatic nitrogens is 2. The van der Waals surface area contributed by atoms with E-state index in [4.69, 9.17) is 0 Å². The van der Waals surface area contributed by atoms with Crippen molar-refractivity contribution in [2.75, 3.05) is 17.3 Å². The lowest BCUT2D eigenvalue weighted by atomic mass is 10.2. The maximum absolute atomic E-state index is 4.17. The van der Waals surface area contributed by atoms with E-state index in [-0.39, 0.29) is 0 Å². The van der Waals surface area contributed by atoms with Gasteiger partial charge in [-0.05, 0) is 12.7 Å². The van der Waals surface area contributed by atoms with E-state index in [9.17, 15) is 0 Å². The Morgan fingerprint density at radius 3 is 2.92 bits per heavy atom. The van der Waals surface area contributed by atoms with Gasteiger partial charge in [-0.1, -0.05) is 6.92 Å². The minimum atomic E-state index is 0.492. The molecule has 0 aliphatic carbocycles. The molecule has 0 saturated carbocycles. The van der Waals surface area contributed by atoms with E-state index in [2.05, 4.69) is 28.5 Å². The van der Waals surface area contributed by atoms with Crippen LogP contribution in [0.1, 0.15) is 13.3 Å². The minimum Gasteiger partial charge on any atom is -0.365 e. The second kappa shape index (κ2) is 5.80. The highest BCUT2D eigenvalue weighted by molar-refractivity contribution is 7.98. The molecule has 0 fully saturated rings. The van der Waals surface area contributed by atoms with Crippen LogP contribution in [0, 0.1) is 0 Å². The summed E-state index contributed by atoms with van der Waals surface area (Å²) in [5, 5.41) is 3.34. The quantitative estimate of drug-likeness (QED) is 0.783. The van der Waals surface area contributed by atoms with Crippen molar-refractivity contribution >= 4 is 17.6 Å². The highest BCUT2D eigenvalue weighted by Gasteiger charge is 2.04. The summed E-state index contributed by atoms with van der Waals surface area (Å²) in [6.45, 7) is 2.17. The van der Waals surface area contributed by atoms with E-state index >= 15 is 0 Å². The van der Waals surface area contributed by atoms with E-state index in [1.165, 1.54) is 0 Å². The van der Waals surface area contributed by atoms with Gasteiger partial charge in [-0.25, -0.2) is 4.98 Å². The van der Waals surface area contributed by atoms with Crippen LogP contribution in [0.4, 0.5) is 5.82 Å². The molecule has 3 nitrogen and oxygen atoms in total. The molecule has 0 amide bonds. The molecule has 0 aliphatic rings. The Morgan fingerprint density at radius 1 is 1.54 bits per heavy atom. The first kappa shape index (κ1) is 10.3. The van der Waals surface area contributed by atoms with Crippen molar-refractivity contribution in [3.63, 3.8) is 0 Å². The molecule has 4 heteroatoms. The number of hydrogen-bond acceptors (Lipinski definition) is 4. The third-order valence-corrected chi connectivity index (χ3v) is 2.51. The van der Waals surface area contributed by atoms with Gasteiger partial charge in [0.05, 0.1) is 6.20 Å². The van der Waals surface area contributed by atoms with Gasteiger partial charge in [-0.2, -0.15) is 11.8 Å². The van der Waals surface area contributed by atoms with Crippen LogP contribution in [0.5, 0.6) is 0 Å². The molecule has 1 aromatic rings. The summed E-state index contributed by atoms with van der Waals surface area (Å²) in [7, 11) is 0. The Morgan fingerprint density at radius 2 is 2.38 bits per heavy atom. The van der Waals surface area contributed by atoms with Crippen LogP contribution >= 0.6 is 11.8 Å². The SMILES string of the molecule is CCC(CSC)Nc1cnccn1. The molecule has 1 heterocycles. The summed E-state index contributed by atoms with van der Waals surface area (Å²) in [5.74, 6) is 1.97. The zero-order valence-corrected chi connectivity index (χ0v) is 8.84. The molecule has 1 unspecified atom stereocenters. The molecule has 72 valence electrons. The van der Waals surface area contributed by atoms with E-state index < -0.39 is 0 Å². The summed E-state index contributed by atoms with van der Waals surface area (Å²) in [5.41, 5.74) is 0. The Kier molecular flexibility index (Phi) is 4.60. The van der Waals surface area contributed by atoms with E-state index in [1.54, 1.807) is 18.6 Å². The van der Waals surface area contributed by atoms with E-state index in [0.717, 1.165) is 18.0 Å². The average Bonchev–Trinajstić information content (AvgIpc) is 2.19. The third-order valence-electron chi connectivity index (χ3n) is 1.78. The van der Waals surface area contributed by atoms with Gasteiger partial charge in [0.15, 0.2) is 0 Å². The number of anilines is 1. The molecule has 1 rings (SSSR count). The van der Waals surface area contributed by atoms with Gasteiger partial charge in [0.1, 0.15) is 5.82 Å². The zero-order valence-electron chi connectivity index (χ0n) is 8.03. The fourth-order valence-corrected chi connectivity index (χ4v) is 1.77. The monoisotopic (exact) mass is 197 g/mol. The number of rotatable bonds is 5. The van der Waals surface area contributed by atoms with Crippen molar-refractivity contribution in [1.82, 2.24) is 9.97 Å². The third kappa shape index (κ3) is 3.63. The maximum Gasteiger partial charge on any atom is 0.144 e. The van der Waals surface area contributed by atoms with E-state index in [1.807, 2.05) is 11.8 Å². The predicted octanol–water partition coefficient (Wildman–Crippen LogP) is 2.03. The Bertz CT molecular complexity index is 228. The minimum absolute atomic E-state index is 0.492. The molecule has 13 heavy (non-hydrogen) atoms. The molecule has 1 aromatic heterocycles. The summed E-state index contributed by atoms with van der Waals surface area (Å²) in [6.07, 6.45) is 8.36. The number of hydrogen-bond donors (Lipinski definition) is 1. The molecule has 0 spiro atoms. The number of thioether (sulfide) groups is 1. The molecule has 1 atom stereocenters. The largest absolute Gasteiger partial charge is 0.365 e. The number of nitrogens with zero attached hydrogens (tertiary/aromatic N) is 2. The van der Waals surface area contributed by atoms with Crippen molar-refractivity contribution in [2.24, 2.45) is 0 Å². The normalized spacial score (nSPS) is 12.5. The topological polar surface area (TPSA) is 37.8 Å². The van der Waals surface area contributed by atoms with E-state index in [0.29, 0.717) is 6.04 Å². The molecule has 0 saturated heterocycles. The maximum atomic E-state index is 4.17. The Hall–Kier alpha value is -0.770. The van der Waals surface area contributed by atoms with Gasteiger partial charge in [0, 0.05) is 24.2 Å². The van der Waals surface area contributed by atoms with Crippen molar-refractivity contribution in [1.29, 1.82) is 0 Å². The van der Waals surface area contributed by atoms with Gasteiger partial charge in [0.25, 0.3) is 0 Å². The summed E-state index contributed by atoms with van der Waals surface area (Å²) in [6, 6.07) is 0.492. The van der Waals surface area contributed by atoms with Crippen molar-refractivity contribution in [3.05, 3.63) is 18.6 Å². The summed E-state index contributed by atoms with van der Waals surface area (Å²) >= 11 is 1.84. The van der Waals surface area contributed by atoms with Crippen molar-refractivity contribution < 1.29 is 0 Å². The molecular weight excluding hydrogens is 182 g/mol. The van der Waals surface area contributed by atoms with Crippen LogP contribution in [0.25, 0.3) is 0 Å². The van der Waals surface area contributed by atoms with Crippen molar-refractivity contribution in [2.45, 2.75) is 19.4 Å². The standard InChI is InChI=1S/C9H15N3S/c1-3-8(7-13-2)12-9-6-10-4-5-11-9/h4-6,8H,3,7H2,1-2H3,(H,11,12). The van der Waals surface area contributed by atoms with Crippen molar-refractivity contribution in [3.8, 4) is 0 Å². The molecular formula is C9H15N3S. The lowest BCUT2D eigenvalue weighted by Gasteiger charge is -2.15. The molecule has 1 N–H and O–H groups in total. The van der Waals surface area contributed by atoms with Gasteiger partial charge < -0.3 is 5.32 Å². The highest BCUT2D eigenvalue weighted by Crippen LogP contribution is 2.07. The van der Waals surface area contributed by atoms with Crippen LogP contribution in [0.3, 0.4) is 0 Å². The highest BCUT2D eigenvalue weighted by atomic mass is 32.2. The lowest BCUT2D eigenvalue weighted by molar-refractivity contribution is 0.768. The first-order valence-electron chi connectivity index (χ1n) is 4.38. The first-order valence-corrected chi connectivity index (χ1v) is 5.77. The zero-order chi connectivity index (χ0) is 9.52. The van der Waals surface area contributed by atoms with Gasteiger partial charge in [0.2, 0.25) is 0 Å². The average molecular weight is 197 g/mol. The van der Waals surface area contributed by atoms with Crippen LogP contribution in [-0.2, 0) is 0 Å². The van der Waals surface area contributed by atoms with Crippen LogP contribution in [0.15, 0.2) is 18.6 Å². The lowest BCUT2D eigenvalue weighted by Crippen LogP contribution is -2.21. The second-order valence-electron chi connectivity index (χ2n) is 2.80. The summed E-state index contributed by atoms with van der Waals surface area (Å²) in [4.78, 5) is 8.17. The summed E-state index contributed by atoms with van der Waals surface area (Å²) < 4.78 is 0. The second-order valence-corrected chi connectivity index (χ2v) is 3.71. The fraction of sp³-hybridized carbons (Fsp3) is 0.556. The Balaban J connectivity index is 2.46. The molecule has 0 radical (unpaired) electrons. The van der Waals surface area contributed by atoms with Gasteiger partial charge in [-0.3, -0.25) is 4.98 Å². The first-order chi connectivity index (χ1) is 6.36. The van der Waals surface area contributed by atoms with Crippen LogP contribution in [-0.4, -0.2) is 28.0 Å². The molecule has 0 bridgehead atoms.